The molecule has 9 nitrogen and oxygen atoms in total. The molecule has 0 unspecified atom stereocenters. The van der Waals surface area contributed by atoms with Crippen LogP contribution in [0.15, 0.2) is 48.6 Å². The molecule has 2 aromatic carbocycles. The Labute approximate surface area is 302 Å². The van der Waals surface area contributed by atoms with Crippen molar-refractivity contribution in [3.05, 3.63) is 70.3 Å². The van der Waals surface area contributed by atoms with Gasteiger partial charge < -0.3 is 19.1 Å². The fourth-order valence-corrected chi connectivity index (χ4v) is 10.4. The van der Waals surface area contributed by atoms with E-state index in [1.165, 1.54) is 11.1 Å². The fourth-order valence-electron chi connectivity index (χ4n) is 8.87. The number of hydrogen-bond donors (Lipinski definition) is 1. The van der Waals surface area contributed by atoms with Gasteiger partial charge in [-0.15, -0.1) is 0 Å². The van der Waals surface area contributed by atoms with E-state index in [4.69, 9.17) is 25.8 Å². The molecule has 1 amide bonds. The van der Waals surface area contributed by atoms with Crippen LogP contribution >= 0.6 is 11.6 Å². The Hall–Kier alpha value is -2.63. The van der Waals surface area contributed by atoms with Crippen molar-refractivity contribution < 1.29 is 27.4 Å². The molecule has 2 bridgehead atoms. The number of ether oxygens (including phenoxy) is 3. The minimum Gasteiger partial charge on any atom is -0.490 e. The van der Waals surface area contributed by atoms with Crippen LogP contribution in [0.25, 0.3) is 0 Å². The summed E-state index contributed by atoms with van der Waals surface area (Å²) >= 11 is 6.47. The highest BCUT2D eigenvalue weighted by molar-refractivity contribution is 7.90. The van der Waals surface area contributed by atoms with Crippen molar-refractivity contribution in [2.75, 3.05) is 64.1 Å². The van der Waals surface area contributed by atoms with Crippen molar-refractivity contribution in [1.82, 2.24) is 9.62 Å². The van der Waals surface area contributed by atoms with E-state index in [1.54, 1.807) is 13.0 Å². The minimum absolute atomic E-state index is 0.209. The van der Waals surface area contributed by atoms with Crippen LogP contribution in [0.4, 0.5) is 5.69 Å². The van der Waals surface area contributed by atoms with Gasteiger partial charge in [0.2, 0.25) is 10.0 Å². The number of nitrogens with one attached hydrogen (secondary N) is 1. The summed E-state index contributed by atoms with van der Waals surface area (Å²) in [6.45, 7) is 12.6. The summed E-state index contributed by atoms with van der Waals surface area (Å²) < 4.78 is 48.5. The van der Waals surface area contributed by atoms with Crippen molar-refractivity contribution in [1.29, 1.82) is 0 Å². The van der Waals surface area contributed by atoms with Gasteiger partial charge in [0.05, 0.1) is 43.0 Å². The lowest BCUT2D eigenvalue weighted by molar-refractivity contribution is -0.0937. The van der Waals surface area contributed by atoms with E-state index >= 15 is 0 Å². The summed E-state index contributed by atoms with van der Waals surface area (Å²) in [5.74, 6) is 0.519. The first-order chi connectivity index (χ1) is 24.0. The van der Waals surface area contributed by atoms with E-state index in [1.807, 2.05) is 25.1 Å². The minimum atomic E-state index is -3.94. The second-order valence-electron chi connectivity index (χ2n) is 15.5. The van der Waals surface area contributed by atoms with Crippen LogP contribution in [-0.4, -0.2) is 89.2 Å². The van der Waals surface area contributed by atoms with Gasteiger partial charge in [-0.25, -0.2) is 13.1 Å². The van der Waals surface area contributed by atoms with E-state index in [-0.39, 0.29) is 17.3 Å². The maximum atomic E-state index is 13.6. The fraction of sp³-hybridized carbons (Fsp3) is 0.615. The number of carbonyl (C=O) groups excluding carboxylic acids is 1. The third kappa shape index (κ3) is 7.20. The normalized spacial score (nSPS) is 33.6. The standard InChI is InChI=1S/C39H52ClN3O6S/c1-27-6-4-14-38(3,49-21-18-42-16-19-47-20-17-42)33-11-8-31(33)24-43-25-39(15-5-7-29-22-32(40)10-12-34(29)39)26-48-36-13-9-30(23-35(36)43)37(44)41-50(45,46)28(27)2/h4,9-10,12-14,22-23,27-28,31,33H,5-8,11,15-21,24-26H2,1-3H3,(H,41,44)/b14-4+/t27-,28+,31-,33+,38-,39-/m0/s1. The predicted molar refractivity (Wildman–Crippen MR) is 197 cm³/mol. The van der Waals surface area contributed by atoms with E-state index < -0.39 is 26.8 Å². The largest absolute Gasteiger partial charge is 0.490 e. The van der Waals surface area contributed by atoms with Crippen LogP contribution in [0.3, 0.4) is 0 Å². The molecular formula is C39H52ClN3O6S. The summed E-state index contributed by atoms with van der Waals surface area (Å²) in [7, 11) is -3.94. The second kappa shape index (κ2) is 14.4. The van der Waals surface area contributed by atoms with Gasteiger partial charge >= 0.3 is 0 Å². The van der Waals surface area contributed by atoms with Crippen molar-refractivity contribution in [3.8, 4) is 5.75 Å². The number of hydrogen-bond acceptors (Lipinski definition) is 8. The Bertz CT molecular complexity index is 1710. The molecule has 0 aromatic heterocycles. The molecule has 1 saturated heterocycles. The lowest BCUT2D eigenvalue weighted by Gasteiger charge is -2.50. The molecule has 2 aliphatic carbocycles. The van der Waals surface area contributed by atoms with Crippen LogP contribution in [0.1, 0.15) is 74.4 Å². The number of rotatable bonds is 4. The summed E-state index contributed by atoms with van der Waals surface area (Å²) in [5.41, 5.74) is 2.92. The predicted octanol–water partition coefficient (Wildman–Crippen LogP) is 5.99. The first-order valence-corrected chi connectivity index (χ1v) is 20.4. The lowest BCUT2D eigenvalue weighted by Crippen LogP contribution is -2.52. The van der Waals surface area contributed by atoms with Crippen LogP contribution in [0.5, 0.6) is 5.75 Å². The number of morpholine rings is 1. The first kappa shape index (κ1) is 35.8. The molecule has 2 aromatic rings. The SMILES string of the molecule is C[C@@H]1[C@@H](C)C/C=C/[C@](C)(OCCN2CCOCC2)[C@@H]2CC[C@H]2CN2C[C@@]3(CCCc4cc(Cl)ccc43)COc3ccc(cc32)C(=O)NS1(=O)=O. The zero-order valence-electron chi connectivity index (χ0n) is 29.7. The Morgan fingerprint density at radius 2 is 1.92 bits per heavy atom. The van der Waals surface area contributed by atoms with E-state index in [0.717, 1.165) is 88.8 Å². The first-order valence-electron chi connectivity index (χ1n) is 18.4. The molecule has 5 aliphatic rings. The third-order valence-electron chi connectivity index (χ3n) is 12.3. The van der Waals surface area contributed by atoms with Gasteiger partial charge in [-0.1, -0.05) is 36.7 Å². The van der Waals surface area contributed by atoms with Gasteiger partial charge in [0, 0.05) is 48.7 Å². The van der Waals surface area contributed by atoms with Gasteiger partial charge in [0.15, 0.2) is 0 Å². The van der Waals surface area contributed by atoms with Crippen LogP contribution in [0.2, 0.25) is 5.02 Å². The number of benzene rings is 2. The highest BCUT2D eigenvalue weighted by Crippen LogP contribution is 2.49. The molecular weight excluding hydrogens is 674 g/mol. The number of amides is 1. The molecule has 3 heterocycles. The van der Waals surface area contributed by atoms with E-state index in [9.17, 15) is 13.2 Å². The number of sulfonamides is 1. The van der Waals surface area contributed by atoms with Crippen molar-refractivity contribution in [2.24, 2.45) is 17.8 Å². The number of allylic oxidation sites excluding steroid dienone is 1. The Kier molecular flexibility index (Phi) is 10.3. The zero-order valence-corrected chi connectivity index (χ0v) is 31.2. The molecule has 2 fully saturated rings. The molecule has 50 heavy (non-hydrogen) atoms. The van der Waals surface area contributed by atoms with Crippen molar-refractivity contribution in [2.45, 2.75) is 75.6 Å². The highest BCUT2D eigenvalue weighted by Gasteiger charge is 2.47. The average molecular weight is 726 g/mol. The van der Waals surface area contributed by atoms with Gasteiger partial charge in [-0.05, 0) is 112 Å². The summed E-state index contributed by atoms with van der Waals surface area (Å²) in [5, 5.41) is -0.0226. The monoisotopic (exact) mass is 725 g/mol. The van der Waals surface area contributed by atoms with Gasteiger partial charge in [-0.2, -0.15) is 0 Å². The molecule has 272 valence electrons. The highest BCUT2D eigenvalue weighted by atomic mass is 35.5. The molecule has 1 N–H and O–H groups in total. The zero-order chi connectivity index (χ0) is 35.1. The molecule has 1 spiro atoms. The van der Waals surface area contributed by atoms with Crippen molar-refractivity contribution in [3.63, 3.8) is 0 Å². The van der Waals surface area contributed by atoms with Gasteiger partial charge in [0.25, 0.3) is 5.91 Å². The molecule has 6 atom stereocenters. The summed E-state index contributed by atoms with van der Waals surface area (Å²) in [6, 6.07) is 11.6. The van der Waals surface area contributed by atoms with Crippen LogP contribution in [0, 0.1) is 17.8 Å². The lowest BCUT2D eigenvalue weighted by atomic mass is 9.64. The molecule has 0 radical (unpaired) electrons. The smallest absolute Gasteiger partial charge is 0.264 e. The molecule has 7 rings (SSSR count). The van der Waals surface area contributed by atoms with Crippen LogP contribution in [-0.2, 0) is 31.3 Å². The quantitative estimate of drug-likeness (QED) is 0.384. The molecule has 1 saturated carbocycles. The number of nitrogens with zero attached hydrogens (tertiary/aromatic N) is 2. The third-order valence-corrected chi connectivity index (χ3v) is 14.5. The second-order valence-corrected chi connectivity index (χ2v) is 18.0. The molecule has 3 aliphatic heterocycles. The van der Waals surface area contributed by atoms with Crippen molar-refractivity contribution >= 4 is 33.2 Å². The van der Waals surface area contributed by atoms with Gasteiger partial charge in [0.1, 0.15) is 5.75 Å². The number of fused-ring (bicyclic) bond motifs is 4. The Balaban J connectivity index is 1.26. The number of carbonyl (C=O) groups is 1. The number of halogens is 1. The summed E-state index contributed by atoms with van der Waals surface area (Å²) in [4.78, 5) is 18.4. The summed E-state index contributed by atoms with van der Waals surface area (Å²) in [6.07, 6.45) is 10.00. The number of anilines is 1. The Morgan fingerprint density at radius 3 is 2.70 bits per heavy atom. The average Bonchev–Trinajstić information content (AvgIpc) is 3.22. The number of aryl methyl sites for hydroxylation is 1. The maximum absolute atomic E-state index is 13.6. The van der Waals surface area contributed by atoms with Crippen LogP contribution < -0.4 is 14.4 Å². The van der Waals surface area contributed by atoms with Gasteiger partial charge in [-0.3, -0.25) is 9.69 Å². The van der Waals surface area contributed by atoms with E-state index in [2.05, 4.69) is 45.7 Å². The topological polar surface area (TPSA) is 97.4 Å². The molecule has 11 heteroatoms. The Morgan fingerprint density at radius 1 is 1.10 bits per heavy atom. The maximum Gasteiger partial charge on any atom is 0.264 e. The van der Waals surface area contributed by atoms with E-state index in [0.29, 0.717) is 36.9 Å².